The minimum absolute atomic E-state index is 0.0517. The van der Waals surface area contributed by atoms with Crippen LogP contribution in [0.25, 0.3) is 0 Å². The fourth-order valence-electron chi connectivity index (χ4n) is 5.27. The normalized spacial score (nSPS) is 18.1. The average molecular weight is 504 g/mol. The maximum atomic E-state index is 13.7. The average Bonchev–Trinajstić information content (AvgIpc) is 2.87. The van der Waals surface area contributed by atoms with Crippen molar-refractivity contribution < 1.29 is 14.3 Å². The summed E-state index contributed by atoms with van der Waals surface area (Å²) in [6.07, 6.45) is 0.671. The van der Waals surface area contributed by atoms with E-state index < -0.39 is 0 Å². The molecule has 37 heavy (non-hydrogen) atoms. The number of phenolic OH excluding ortho intramolecular Hbond substituents is 1. The number of carbonyl (C=O) groups is 1. The Morgan fingerprint density at radius 2 is 1.65 bits per heavy atom. The number of halogens is 1. The van der Waals surface area contributed by atoms with E-state index in [4.69, 9.17) is 0 Å². The molecule has 0 aromatic heterocycles. The van der Waals surface area contributed by atoms with Crippen LogP contribution in [0.15, 0.2) is 66.7 Å². The first-order chi connectivity index (χ1) is 17.8. The largest absolute Gasteiger partial charge is 0.508 e. The van der Waals surface area contributed by atoms with Crippen LogP contribution in [0.2, 0.25) is 0 Å². The molecule has 0 aliphatic carbocycles. The van der Waals surface area contributed by atoms with Crippen molar-refractivity contribution in [3.8, 4) is 5.75 Å². The number of rotatable bonds is 8. The number of hydrogen-bond donors (Lipinski definition) is 1. The molecule has 1 amide bonds. The van der Waals surface area contributed by atoms with E-state index in [1.807, 2.05) is 61.2 Å². The molecule has 0 unspecified atom stereocenters. The van der Waals surface area contributed by atoms with Gasteiger partial charge in [-0.05, 0) is 87.2 Å². The van der Waals surface area contributed by atoms with Gasteiger partial charge in [-0.15, -0.1) is 0 Å². The van der Waals surface area contributed by atoms with E-state index >= 15 is 0 Å². The lowest BCUT2D eigenvalue weighted by molar-refractivity contribution is 0.0773. The van der Waals surface area contributed by atoms with Crippen molar-refractivity contribution in [2.75, 3.05) is 31.1 Å². The summed E-state index contributed by atoms with van der Waals surface area (Å²) in [6.45, 7) is 12.1. The van der Waals surface area contributed by atoms with Crippen LogP contribution >= 0.6 is 0 Å². The highest BCUT2D eigenvalue weighted by atomic mass is 19.1. The predicted octanol–water partition coefficient (Wildman–Crippen LogP) is 5.70. The van der Waals surface area contributed by atoms with E-state index in [1.165, 1.54) is 6.07 Å². The molecule has 3 aromatic carbocycles. The quantitative estimate of drug-likeness (QED) is 0.428. The maximum absolute atomic E-state index is 13.7. The van der Waals surface area contributed by atoms with Gasteiger partial charge in [0.15, 0.2) is 0 Å². The number of carbonyl (C=O) groups excluding carboxylic acids is 1. The molecule has 1 aliphatic rings. The zero-order valence-electron chi connectivity index (χ0n) is 22.3. The van der Waals surface area contributed by atoms with Gasteiger partial charge in [-0.1, -0.05) is 24.3 Å². The van der Waals surface area contributed by atoms with Crippen molar-refractivity contribution in [2.45, 2.75) is 52.7 Å². The van der Waals surface area contributed by atoms with Crippen molar-refractivity contribution in [1.82, 2.24) is 9.80 Å². The van der Waals surface area contributed by atoms with E-state index in [0.717, 1.165) is 42.0 Å². The van der Waals surface area contributed by atoms with Gasteiger partial charge in [-0.3, -0.25) is 9.69 Å². The highest BCUT2D eigenvalue weighted by Crippen LogP contribution is 2.30. The Balaban J connectivity index is 1.45. The zero-order chi connectivity index (χ0) is 26.5. The van der Waals surface area contributed by atoms with Gasteiger partial charge in [0.05, 0.1) is 0 Å². The Hall–Kier alpha value is -3.38. The van der Waals surface area contributed by atoms with Crippen LogP contribution < -0.4 is 4.90 Å². The first-order valence-electron chi connectivity index (χ1n) is 13.2. The molecule has 1 saturated heterocycles. The lowest BCUT2D eigenvalue weighted by Gasteiger charge is -2.45. The maximum Gasteiger partial charge on any atom is 0.253 e. The number of hydrogen-bond acceptors (Lipinski definition) is 4. The molecule has 196 valence electrons. The summed E-state index contributed by atoms with van der Waals surface area (Å²) in [5.41, 5.74) is 4.81. The van der Waals surface area contributed by atoms with E-state index in [-0.39, 0.29) is 29.6 Å². The third-order valence-corrected chi connectivity index (χ3v) is 7.34. The molecular formula is C31H38FN3O2. The van der Waals surface area contributed by atoms with Gasteiger partial charge in [-0.2, -0.15) is 0 Å². The molecule has 0 bridgehead atoms. The molecule has 1 heterocycles. The van der Waals surface area contributed by atoms with Crippen molar-refractivity contribution in [3.05, 3.63) is 94.8 Å². The topological polar surface area (TPSA) is 47.0 Å². The lowest BCUT2D eigenvalue weighted by atomic mass is 10.0. The zero-order valence-corrected chi connectivity index (χ0v) is 22.3. The highest BCUT2D eigenvalue weighted by Gasteiger charge is 2.29. The summed E-state index contributed by atoms with van der Waals surface area (Å²) in [7, 11) is 0. The van der Waals surface area contributed by atoms with Crippen LogP contribution in [0, 0.1) is 5.82 Å². The van der Waals surface area contributed by atoms with E-state index in [2.05, 4.69) is 29.7 Å². The number of phenols is 1. The summed E-state index contributed by atoms with van der Waals surface area (Å²) < 4.78 is 13.7. The molecular weight excluding hydrogens is 465 g/mol. The van der Waals surface area contributed by atoms with Gasteiger partial charge >= 0.3 is 0 Å². The summed E-state index contributed by atoms with van der Waals surface area (Å²) in [5, 5.41) is 10.5. The highest BCUT2D eigenvalue weighted by molar-refractivity contribution is 5.94. The minimum atomic E-state index is -0.200. The minimum Gasteiger partial charge on any atom is -0.508 e. The molecule has 1 aliphatic heterocycles. The Kier molecular flexibility index (Phi) is 8.49. The third kappa shape index (κ3) is 6.50. The molecule has 5 nitrogen and oxygen atoms in total. The van der Waals surface area contributed by atoms with Gasteiger partial charge in [0.25, 0.3) is 5.91 Å². The summed E-state index contributed by atoms with van der Waals surface area (Å²) >= 11 is 0. The van der Waals surface area contributed by atoms with Crippen LogP contribution in [0.3, 0.4) is 0 Å². The van der Waals surface area contributed by atoms with Crippen LogP contribution in [-0.4, -0.2) is 59.1 Å². The number of amides is 1. The summed E-state index contributed by atoms with van der Waals surface area (Å²) in [4.78, 5) is 19.2. The fourth-order valence-corrected chi connectivity index (χ4v) is 5.27. The predicted molar refractivity (Wildman–Crippen MR) is 148 cm³/mol. The molecule has 2 atom stereocenters. The smallest absolute Gasteiger partial charge is 0.253 e. The van der Waals surface area contributed by atoms with E-state index in [1.54, 1.807) is 12.1 Å². The summed E-state index contributed by atoms with van der Waals surface area (Å²) in [6, 6.07) is 20.9. The Morgan fingerprint density at radius 1 is 0.919 bits per heavy atom. The molecule has 4 rings (SSSR count). The molecule has 1 fully saturated rings. The van der Waals surface area contributed by atoms with Crippen LogP contribution in [0.5, 0.6) is 5.75 Å². The third-order valence-electron chi connectivity index (χ3n) is 7.34. The summed E-state index contributed by atoms with van der Waals surface area (Å²) in [5.74, 6) is 0.105. The number of aromatic hydroxyl groups is 1. The van der Waals surface area contributed by atoms with Gasteiger partial charge in [-0.25, -0.2) is 4.39 Å². The van der Waals surface area contributed by atoms with Gasteiger partial charge in [0.2, 0.25) is 0 Å². The van der Waals surface area contributed by atoms with Crippen LogP contribution in [0.1, 0.15) is 54.7 Å². The second kappa shape index (κ2) is 11.8. The fraction of sp³-hybridized carbons (Fsp3) is 0.387. The van der Waals surface area contributed by atoms with Crippen LogP contribution in [-0.2, 0) is 13.0 Å². The van der Waals surface area contributed by atoms with Crippen molar-refractivity contribution in [1.29, 1.82) is 0 Å². The second-order valence-electron chi connectivity index (χ2n) is 10.1. The number of piperazine rings is 1. The van der Waals surface area contributed by atoms with Gasteiger partial charge in [0.1, 0.15) is 11.6 Å². The van der Waals surface area contributed by atoms with E-state index in [0.29, 0.717) is 25.1 Å². The van der Waals surface area contributed by atoms with Crippen LogP contribution in [0.4, 0.5) is 10.1 Å². The number of benzene rings is 3. The monoisotopic (exact) mass is 503 g/mol. The SMILES string of the molecule is CCN(CC)C(=O)c1ccc(Cc2cc(O)cc(N3C[C@@H](C)N(Cc4cccc(F)c4)C[C@@H]3C)c2)cc1. The number of anilines is 1. The molecule has 3 aromatic rings. The van der Waals surface area contributed by atoms with E-state index in [9.17, 15) is 14.3 Å². The van der Waals surface area contributed by atoms with Gasteiger partial charge < -0.3 is 14.9 Å². The second-order valence-corrected chi connectivity index (χ2v) is 10.1. The Morgan fingerprint density at radius 3 is 2.32 bits per heavy atom. The molecule has 1 N–H and O–H groups in total. The standard InChI is InChI=1S/C31H38FN3O2/c1-5-33(6-2)31(37)27-12-10-24(11-13-27)14-26-16-29(18-30(36)17-26)35-20-22(3)34(19-23(35)4)21-25-8-7-9-28(32)15-25/h7-13,15-18,22-23,36H,5-6,14,19-21H2,1-4H3/t22-,23+/m1/s1. The van der Waals surface area contributed by atoms with Crippen molar-refractivity contribution in [2.24, 2.45) is 0 Å². The molecule has 6 heteroatoms. The Bertz CT molecular complexity index is 1210. The van der Waals surface area contributed by atoms with Crippen molar-refractivity contribution in [3.63, 3.8) is 0 Å². The Labute approximate surface area is 220 Å². The first-order valence-corrected chi connectivity index (χ1v) is 13.2. The first kappa shape index (κ1) is 26.7. The molecule has 0 saturated carbocycles. The number of nitrogens with zero attached hydrogens (tertiary/aromatic N) is 3. The lowest BCUT2D eigenvalue weighted by Crippen LogP contribution is -2.56. The molecule has 0 radical (unpaired) electrons. The molecule has 0 spiro atoms. The van der Waals surface area contributed by atoms with Gasteiger partial charge in [0, 0.05) is 62.1 Å². The van der Waals surface area contributed by atoms with Crippen molar-refractivity contribution >= 4 is 11.6 Å².